The molecular weight excluding hydrogens is 370 g/mol. The third kappa shape index (κ3) is 3.40. The summed E-state index contributed by atoms with van der Waals surface area (Å²) in [5.74, 6) is -0.851. The Kier molecular flexibility index (Phi) is 4.19. The quantitative estimate of drug-likeness (QED) is 0.682. The lowest BCUT2D eigenvalue weighted by Gasteiger charge is -1.99. The van der Waals surface area contributed by atoms with E-state index >= 15 is 0 Å². The molecule has 2 aromatic heterocycles. The molecule has 0 unspecified atom stereocenters. The van der Waals surface area contributed by atoms with E-state index in [0.717, 1.165) is 29.5 Å². The molecule has 1 aromatic carbocycles. The molecule has 6 heteroatoms. The van der Waals surface area contributed by atoms with Gasteiger partial charge in [-0.3, -0.25) is 4.79 Å². The van der Waals surface area contributed by atoms with E-state index in [4.69, 9.17) is 5.11 Å². The zero-order valence-corrected chi connectivity index (χ0v) is 14.0. The SMILES string of the molecule is O=C(O)CC(=Cc1ccc(Br)s1)c1nc2ccccc2s1. The summed E-state index contributed by atoms with van der Waals surface area (Å²) < 4.78 is 2.09. The van der Waals surface area contributed by atoms with Crippen molar-refractivity contribution in [2.45, 2.75) is 6.42 Å². The first kappa shape index (κ1) is 14.4. The zero-order valence-electron chi connectivity index (χ0n) is 10.7. The van der Waals surface area contributed by atoms with E-state index in [1.54, 1.807) is 11.3 Å². The van der Waals surface area contributed by atoms with E-state index in [-0.39, 0.29) is 6.42 Å². The Labute approximate surface area is 137 Å². The van der Waals surface area contributed by atoms with Crippen molar-refractivity contribution in [1.82, 2.24) is 4.98 Å². The topological polar surface area (TPSA) is 50.2 Å². The molecule has 0 bridgehead atoms. The molecule has 3 rings (SSSR count). The van der Waals surface area contributed by atoms with E-state index in [1.165, 1.54) is 11.3 Å². The van der Waals surface area contributed by atoms with Crippen LogP contribution in [0.4, 0.5) is 0 Å². The van der Waals surface area contributed by atoms with Gasteiger partial charge in [-0.15, -0.1) is 22.7 Å². The lowest BCUT2D eigenvalue weighted by molar-refractivity contribution is -0.135. The van der Waals surface area contributed by atoms with Gasteiger partial charge in [0.05, 0.1) is 20.4 Å². The van der Waals surface area contributed by atoms with Crippen LogP contribution in [0.3, 0.4) is 0 Å². The van der Waals surface area contributed by atoms with Crippen LogP contribution < -0.4 is 0 Å². The monoisotopic (exact) mass is 379 g/mol. The summed E-state index contributed by atoms with van der Waals surface area (Å²) in [5.41, 5.74) is 1.64. The molecule has 1 N–H and O–H groups in total. The second-order valence-electron chi connectivity index (χ2n) is 4.37. The van der Waals surface area contributed by atoms with Crippen molar-refractivity contribution in [3.8, 4) is 0 Å². The highest BCUT2D eigenvalue weighted by Crippen LogP contribution is 2.32. The molecule has 106 valence electrons. The van der Waals surface area contributed by atoms with Gasteiger partial charge in [-0.25, -0.2) is 4.98 Å². The molecule has 3 nitrogen and oxygen atoms in total. The Morgan fingerprint density at radius 1 is 1.24 bits per heavy atom. The fourth-order valence-electron chi connectivity index (χ4n) is 1.94. The number of hydrogen-bond acceptors (Lipinski definition) is 4. The molecule has 0 atom stereocenters. The summed E-state index contributed by atoms with van der Waals surface area (Å²) in [6, 6.07) is 11.7. The van der Waals surface area contributed by atoms with Gasteiger partial charge in [0.25, 0.3) is 0 Å². The van der Waals surface area contributed by atoms with Crippen LogP contribution in [0, 0.1) is 0 Å². The lowest BCUT2D eigenvalue weighted by Crippen LogP contribution is -1.96. The van der Waals surface area contributed by atoms with Crippen LogP contribution in [-0.2, 0) is 4.79 Å². The first-order valence-corrected chi connectivity index (χ1v) is 8.58. The highest BCUT2D eigenvalue weighted by atomic mass is 79.9. The number of halogens is 1. The van der Waals surface area contributed by atoms with Crippen LogP contribution in [0.25, 0.3) is 21.9 Å². The Morgan fingerprint density at radius 2 is 2.05 bits per heavy atom. The lowest BCUT2D eigenvalue weighted by atomic mass is 10.1. The van der Waals surface area contributed by atoms with Crippen molar-refractivity contribution in [3.05, 3.63) is 50.1 Å². The largest absolute Gasteiger partial charge is 0.481 e. The fraction of sp³-hybridized carbons (Fsp3) is 0.0667. The summed E-state index contributed by atoms with van der Waals surface area (Å²) in [6.45, 7) is 0. The van der Waals surface area contributed by atoms with Gasteiger partial charge in [0.2, 0.25) is 0 Å². The van der Waals surface area contributed by atoms with E-state index in [9.17, 15) is 4.79 Å². The minimum absolute atomic E-state index is 0.0324. The number of para-hydroxylation sites is 1. The van der Waals surface area contributed by atoms with Crippen LogP contribution in [-0.4, -0.2) is 16.1 Å². The molecule has 0 aliphatic carbocycles. The van der Waals surface area contributed by atoms with E-state index in [1.807, 2.05) is 42.5 Å². The van der Waals surface area contributed by atoms with Crippen LogP contribution in [0.2, 0.25) is 0 Å². The first-order chi connectivity index (χ1) is 10.1. The number of nitrogens with zero attached hydrogens (tertiary/aromatic N) is 1. The van der Waals surface area contributed by atoms with Crippen LogP contribution in [0.5, 0.6) is 0 Å². The Morgan fingerprint density at radius 3 is 2.71 bits per heavy atom. The van der Waals surface area contributed by atoms with Gasteiger partial charge in [-0.2, -0.15) is 0 Å². The third-order valence-electron chi connectivity index (χ3n) is 2.82. The maximum atomic E-state index is 11.1. The Bertz CT molecular complexity index is 802. The molecule has 0 saturated carbocycles. The van der Waals surface area contributed by atoms with Crippen molar-refractivity contribution < 1.29 is 9.90 Å². The highest BCUT2D eigenvalue weighted by molar-refractivity contribution is 9.11. The van der Waals surface area contributed by atoms with Crippen LogP contribution in [0.1, 0.15) is 16.3 Å². The van der Waals surface area contributed by atoms with Crippen LogP contribution in [0.15, 0.2) is 40.2 Å². The molecule has 21 heavy (non-hydrogen) atoms. The maximum absolute atomic E-state index is 11.1. The number of aromatic nitrogens is 1. The van der Waals surface area contributed by atoms with Crippen molar-refractivity contribution in [3.63, 3.8) is 0 Å². The third-order valence-corrected chi connectivity index (χ3v) is 5.50. The van der Waals surface area contributed by atoms with Gasteiger partial charge in [0.1, 0.15) is 5.01 Å². The van der Waals surface area contributed by atoms with E-state index in [2.05, 4.69) is 20.9 Å². The van der Waals surface area contributed by atoms with Crippen molar-refractivity contribution in [2.24, 2.45) is 0 Å². The molecule has 3 aromatic rings. The maximum Gasteiger partial charge on any atom is 0.307 e. The smallest absolute Gasteiger partial charge is 0.307 e. The zero-order chi connectivity index (χ0) is 14.8. The van der Waals surface area contributed by atoms with Gasteiger partial charge in [-0.05, 0) is 46.3 Å². The second-order valence-corrected chi connectivity index (χ2v) is 7.89. The average molecular weight is 380 g/mol. The number of thiophene rings is 1. The second kappa shape index (κ2) is 6.09. The number of thiazole rings is 1. The minimum Gasteiger partial charge on any atom is -0.481 e. The standard InChI is InChI=1S/C15H10BrNO2S2/c16-13-6-5-10(20-13)7-9(8-14(18)19)15-17-11-3-1-2-4-12(11)21-15/h1-7H,8H2,(H,18,19). The fourth-order valence-corrected chi connectivity index (χ4v) is 4.31. The number of aliphatic carboxylic acids is 1. The number of hydrogen-bond donors (Lipinski definition) is 1. The summed E-state index contributed by atoms with van der Waals surface area (Å²) in [7, 11) is 0. The number of fused-ring (bicyclic) bond motifs is 1. The number of carbonyl (C=O) groups is 1. The molecule has 2 heterocycles. The Balaban J connectivity index is 2.06. The summed E-state index contributed by atoms with van der Waals surface area (Å²) >= 11 is 6.51. The van der Waals surface area contributed by atoms with Crippen molar-refractivity contribution >= 4 is 66.4 Å². The van der Waals surface area contributed by atoms with Gasteiger partial charge in [0, 0.05) is 10.5 Å². The summed E-state index contributed by atoms with van der Waals surface area (Å²) in [6.07, 6.45) is 1.87. The predicted octanol–water partition coefficient (Wildman–Crippen LogP) is 5.14. The normalized spacial score (nSPS) is 12.0. The summed E-state index contributed by atoms with van der Waals surface area (Å²) in [5, 5.41) is 9.90. The van der Waals surface area contributed by atoms with E-state index in [0.29, 0.717) is 0 Å². The van der Waals surface area contributed by atoms with Gasteiger partial charge < -0.3 is 5.11 Å². The number of carboxylic acid groups (broad SMARTS) is 1. The van der Waals surface area contributed by atoms with Crippen LogP contribution >= 0.6 is 38.6 Å². The number of carboxylic acids is 1. The molecule has 0 aliphatic rings. The van der Waals surface area contributed by atoms with Crippen molar-refractivity contribution in [1.29, 1.82) is 0 Å². The van der Waals surface area contributed by atoms with E-state index < -0.39 is 5.97 Å². The van der Waals surface area contributed by atoms with Gasteiger partial charge >= 0.3 is 5.97 Å². The van der Waals surface area contributed by atoms with Gasteiger partial charge in [-0.1, -0.05) is 12.1 Å². The molecule has 0 aliphatic heterocycles. The first-order valence-electron chi connectivity index (χ1n) is 6.15. The molecule has 0 amide bonds. The average Bonchev–Trinajstić information content (AvgIpc) is 3.03. The molecular formula is C15H10BrNO2S2. The molecule has 0 radical (unpaired) electrons. The highest BCUT2D eigenvalue weighted by Gasteiger charge is 2.13. The number of rotatable bonds is 4. The molecule has 0 fully saturated rings. The molecule has 0 spiro atoms. The Hall–Kier alpha value is -1.50. The minimum atomic E-state index is -0.851. The summed E-state index contributed by atoms with van der Waals surface area (Å²) in [4.78, 5) is 16.7. The number of benzene rings is 1. The van der Waals surface area contributed by atoms with Gasteiger partial charge in [0.15, 0.2) is 0 Å². The molecule has 0 saturated heterocycles. The predicted molar refractivity (Wildman–Crippen MR) is 91.8 cm³/mol. The van der Waals surface area contributed by atoms with Crippen molar-refractivity contribution in [2.75, 3.05) is 0 Å².